The first-order valence-corrected chi connectivity index (χ1v) is 6.23. The summed E-state index contributed by atoms with van der Waals surface area (Å²) in [5.74, 6) is -1.07. The molecule has 0 aliphatic heterocycles. The monoisotopic (exact) mass is 240 g/mol. The Bertz CT molecular complexity index is 413. The van der Waals surface area contributed by atoms with Gasteiger partial charge in [0.15, 0.2) is 0 Å². The molecule has 0 aromatic heterocycles. The van der Waals surface area contributed by atoms with Crippen molar-refractivity contribution in [2.75, 3.05) is 6.26 Å². The fourth-order valence-corrected chi connectivity index (χ4v) is 1.87. The van der Waals surface area contributed by atoms with E-state index in [4.69, 9.17) is 4.74 Å². The number of carbonyl (C=O) groups is 2. The highest BCUT2D eigenvalue weighted by molar-refractivity contribution is 7.85. The SMILES string of the molecule is CC(=O)OC(C(=O)c1ccccc1)S(C)=O. The van der Waals surface area contributed by atoms with E-state index in [0.29, 0.717) is 5.56 Å². The molecule has 1 aromatic rings. The Balaban J connectivity index is 2.92. The molecule has 0 aliphatic rings. The molecule has 1 aromatic carbocycles. The van der Waals surface area contributed by atoms with Crippen molar-refractivity contribution in [3.63, 3.8) is 0 Å². The van der Waals surface area contributed by atoms with E-state index in [2.05, 4.69) is 0 Å². The van der Waals surface area contributed by atoms with Crippen LogP contribution in [0.3, 0.4) is 0 Å². The molecule has 0 amide bonds. The molecule has 0 bridgehead atoms. The summed E-state index contributed by atoms with van der Waals surface area (Å²) in [7, 11) is -1.55. The Morgan fingerprint density at radius 3 is 2.25 bits per heavy atom. The lowest BCUT2D eigenvalue weighted by molar-refractivity contribution is -0.141. The highest BCUT2D eigenvalue weighted by Crippen LogP contribution is 2.09. The molecule has 0 fully saturated rings. The number of hydrogen-bond donors (Lipinski definition) is 0. The van der Waals surface area contributed by atoms with Gasteiger partial charge in [-0.1, -0.05) is 30.3 Å². The first kappa shape index (κ1) is 12.6. The minimum Gasteiger partial charge on any atom is -0.440 e. The number of benzene rings is 1. The van der Waals surface area contributed by atoms with Gasteiger partial charge in [0, 0.05) is 18.7 Å². The zero-order chi connectivity index (χ0) is 12.1. The first-order valence-electron chi connectivity index (χ1n) is 4.61. The summed E-state index contributed by atoms with van der Waals surface area (Å²) in [6, 6.07) is 8.32. The van der Waals surface area contributed by atoms with Crippen LogP contribution in [0.15, 0.2) is 30.3 Å². The summed E-state index contributed by atoms with van der Waals surface area (Å²) in [5.41, 5.74) is -0.844. The van der Waals surface area contributed by atoms with Crippen LogP contribution in [0.5, 0.6) is 0 Å². The van der Waals surface area contributed by atoms with Crippen LogP contribution in [0.2, 0.25) is 0 Å². The largest absolute Gasteiger partial charge is 0.440 e. The molecule has 0 N–H and O–H groups in total. The Kier molecular flexibility index (Phi) is 4.37. The van der Waals surface area contributed by atoms with Gasteiger partial charge in [-0.2, -0.15) is 0 Å². The van der Waals surface area contributed by atoms with E-state index in [1.54, 1.807) is 30.3 Å². The van der Waals surface area contributed by atoms with Crippen molar-refractivity contribution in [2.24, 2.45) is 0 Å². The zero-order valence-corrected chi connectivity index (χ0v) is 9.82. The predicted molar refractivity (Wildman–Crippen MR) is 60.4 cm³/mol. The van der Waals surface area contributed by atoms with E-state index < -0.39 is 28.0 Å². The predicted octanol–water partition coefficient (Wildman–Crippen LogP) is 1.14. The van der Waals surface area contributed by atoms with E-state index >= 15 is 0 Å². The standard InChI is InChI=1S/C11H12O4S/c1-8(12)15-11(16(2)14)10(13)9-6-4-3-5-7-9/h3-7,11H,1-2H3. The Hall–Kier alpha value is -1.49. The highest BCUT2D eigenvalue weighted by atomic mass is 32.2. The molecule has 4 nitrogen and oxygen atoms in total. The van der Waals surface area contributed by atoms with Crippen LogP contribution in [0.25, 0.3) is 0 Å². The van der Waals surface area contributed by atoms with Crippen LogP contribution in [0, 0.1) is 0 Å². The van der Waals surface area contributed by atoms with Gasteiger partial charge in [-0.05, 0) is 0 Å². The van der Waals surface area contributed by atoms with Gasteiger partial charge < -0.3 is 4.74 Å². The Labute approximate surface area is 96.1 Å². The first-order chi connectivity index (χ1) is 7.52. The van der Waals surface area contributed by atoms with Crippen LogP contribution in [-0.4, -0.2) is 27.7 Å². The van der Waals surface area contributed by atoms with Gasteiger partial charge >= 0.3 is 5.97 Å². The molecule has 0 heterocycles. The maximum atomic E-state index is 11.9. The van der Waals surface area contributed by atoms with Crippen molar-refractivity contribution in [3.8, 4) is 0 Å². The zero-order valence-electron chi connectivity index (χ0n) is 9.01. The third-order valence-corrected chi connectivity index (χ3v) is 2.76. The van der Waals surface area contributed by atoms with Crippen molar-refractivity contribution in [2.45, 2.75) is 12.4 Å². The third-order valence-electron chi connectivity index (χ3n) is 1.85. The smallest absolute Gasteiger partial charge is 0.304 e. The molecule has 0 radical (unpaired) electrons. The quantitative estimate of drug-likeness (QED) is 0.585. The summed E-state index contributed by atoms with van der Waals surface area (Å²) >= 11 is 0. The number of Topliss-reactive ketones (excluding diaryl/α,β-unsaturated/α-hetero) is 1. The molecule has 86 valence electrons. The minimum atomic E-state index is -1.55. The van der Waals surface area contributed by atoms with Gasteiger partial charge in [0.2, 0.25) is 11.2 Å². The number of hydrogen-bond acceptors (Lipinski definition) is 4. The van der Waals surface area contributed by atoms with Crippen LogP contribution in [0.4, 0.5) is 0 Å². The van der Waals surface area contributed by atoms with Gasteiger partial charge in [0.05, 0.1) is 10.8 Å². The normalized spacial score (nSPS) is 13.9. The van der Waals surface area contributed by atoms with Crippen LogP contribution < -0.4 is 0 Å². The topological polar surface area (TPSA) is 60.4 Å². The maximum Gasteiger partial charge on any atom is 0.304 e. The molecular formula is C11H12O4S. The lowest BCUT2D eigenvalue weighted by Crippen LogP contribution is -2.30. The molecule has 5 heteroatoms. The van der Waals surface area contributed by atoms with Crippen molar-refractivity contribution < 1.29 is 18.5 Å². The number of carbonyl (C=O) groups excluding carboxylic acids is 2. The summed E-state index contributed by atoms with van der Waals surface area (Å²) in [6.07, 6.45) is 1.33. The summed E-state index contributed by atoms with van der Waals surface area (Å²) < 4.78 is 16.0. The van der Waals surface area contributed by atoms with E-state index in [0.717, 1.165) is 0 Å². The van der Waals surface area contributed by atoms with Crippen LogP contribution in [0.1, 0.15) is 17.3 Å². The Morgan fingerprint density at radius 2 is 1.81 bits per heavy atom. The van der Waals surface area contributed by atoms with Gasteiger partial charge in [0.1, 0.15) is 0 Å². The average molecular weight is 240 g/mol. The molecule has 2 atom stereocenters. The van der Waals surface area contributed by atoms with Crippen molar-refractivity contribution in [1.29, 1.82) is 0 Å². The number of esters is 1. The van der Waals surface area contributed by atoms with Crippen molar-refractivity contribution >= 4 is 22.6 Å². The number of rotatable bonds is 4. The molecule has 0 saturated carbocycles. The van der Waals surface area contributed by atoms with Gasteiger partial charge in [-0.25, -0.2) is 0 Å². The lowest BCUT2D eigenvalue weighted by Gasteiger charge is -2.12. The Morgan fingerprint density at radius 1 is 1.25 bits per heavy atom. The van der Waals surface area contributed by atoms with Crippen molar-refractivity contribution in [3.05, 3.63) is 35.9 Å². The maximum absolute atomic E-state index is 11.9. The summed E-state index contributed by atoms with van der Waals surface area (Å²) in [5, 5.41) is 0. The second-order valence-electron chi connectivity index (χ2n) is 3.17. The van der Waals surface area contributed by atoms with Gasteiger partial charge in [-0.15, -0.1) is 0 Å². The van der Waals surface area contributed by atoms with E-state index in [1.165, 1.54) is 13.2 Å². The molecular weight excluding hydrogens is 228 g/mol. The second kappa shape index (κ2) is 5.55. The van der Waals surface area contributed by atoms with E-state index in [1.807, 2.05) is 0 Å². The average Bonchev–Trinajstić information content (AvgIpc) is 2.25. The van der Waals surface area contributed by atoms with Gasteiger partial charge in [-0.3, -0.25) is 13.8 Å². The molecule has 0 spiro atoms. The van der Waals surface area contributed by atoms with Crippen LogP contribution in [-0.2, 0) is 20.3 Å². The highest BCUT2D eigenvalue weighted by Gasteiger charge is 2.26. The summed E-state index contributed by atoms with van der Waals surface area (Å²) in [4.78, 5) is 22.6. The summed E-state index contributed by atoms with van der Waals surface area (Å²) in [6.45, 7) is 1.18. The number of ether oxygens (including phenoxy) is 1. The minimum absolute atomic E-state index is 0.379. The second-order valence-corrected chi connectivity index (χ2v) is 4.60. The van der Waals surface area contributed by atoms with Crippen LogP contribution >= 0.6 is 0 Å². The van der Waals surface area contributed by atoms with Gasteiger partial charge in [0.25, 0.3) is 0 Å². The molecule has 0 saturated heterocycles. The third kappa shape index (κ3) is 3.27. The molecule has 1 rings (SSSR count). The van der Waals surface area contributed by atoms with E-state index in [9.17, 15) is 13.8 Å². The molecule has 2 unspecified atom stereocenters. The fraction of sp³-hybridized carbons (Fsp3) is 0.273. The lowest BCUT2D eigenvalue weighted by atomic mass is 10.1. The number of ketones is 1. The fourth-order valence-electron chi connectivity index (χ4n) is 1.16. The van der Waals surface area contributed by atoms with E-state index in [-0.39, 0.29) is 0 Å². The van der Waals surface area contributed by atoms with Crippen molar-refractivity contribution in [1.82, 2.24) is 0 Å². The molecule has 0 aliphatic carbocycles. The molecule has 16 heavy (non-hydrogen) atoms.